The fourth-order valence-electron chi connectivity index (χ4n) is 0.981. The summed E-state index contributed by atoms with van der Waals surface area (Å²) in [4.78, 5) is 0. The van der Waals surface area contributed by atoms with Crippen LogP contribution in [0.1, 0.15) is 12.8 Å². The molecule has 1 fully saturated rings. The van der Waals surface area contributed by atoms with E-state index in [1.54, 1.807) is 0 Å². The van der Waals surface area contributed by atoms with Crippen molar-refractivity contribution in [2.45, 2.75) is 12.8 Å². The molecule has 1 saturated heterocycles. The molecule has 0 saturated carbocycles. The number of nitriles is 1. The fourth-order valence-corrected chi connectivity index (χ4v) is 0.981. The van der Waals surface area contributed by atoms with Crippen LogP contribution in [-0.4, -0.2) is 13.1 Å². The minimum Gasteiger partial charge on any atom is -0.315 e. The van der Waals surface area contributed by atoms with E-state index in [9.17, 15) is 0 Å². The van der Waals surface area contributed by atoms with Crippen molar-refractivity contribution in [2.75, 3.05) is 13.1 Å². The monoisotopic (exact) mass is 123 g/mol. The van der Waals surface area contributed by atoms with E-state index in [2.05, 4.69) is 17.8 Å². The summed E-state index contributed by atoms with van der Waals surface area (Å²) in [6, 6.07) is 2.25. The SMILES string of the molecule is N#CC1C[CH]CCNC1. The lowest BCUT2D eigenvalue weighted by molar-refractivity contribution is 0.611. The Morgan fingerprint density at radius 3 is 3.33 bits per heavy atom. The number of hydrogen-bond donors (Lipinski definition) is 1. The molecule has 0 aromatic rings. The van der Waals surface area contributed by atoms with E-state index in [4.69, 9.17) is 5.26 Å². The van der Waals surface area contributed by atoms with Crippen LogP contribution in [0.15, 0.2) is 0 Å². The Morgan fingerprint density at radius 1 is 1.67 bits per heavy atom. The number of hydrogen-bond acceptors (Lipinski definition) is 2. The van der Waals surface area contributed by atoms with Gasteiger partial charge >= 0.3 is 0 Å². The van der Waals surface area contributed by atoms with Crippen LogP contribution < -0.4 is 5.32 Å². The summed E-state index contributed by atoms with van der Waals surface area (Å²) in [7, 11) is 0. The predicted octanol–water partition coefficient (Wildman–Crippen LogP) is 0.714. The van der Waals surface area contributed by atoms with E-state index in [1.807, 2.05) is 0 Å². The average molecular weight is 123 g/mol. The molecule has 2 nitrogen and oxygen atoms in total. The fraction of sp³-hybridized carbons (Fsp3) is 0.714. The molecule has 49 valence electrons. The maximum absolute atomic E-state index is 8.51. The third-order valence-electron chi connectivity index (χ3n) is 1.55. The molecular formula is C7H11N2. The summed E-state index contributed by atoms with van der Waals surface area (Å²) in [5, 5.41) is 11.7. The lowest BCUT2D eigenvalue weighted by Gasteiger charge is -2.00. The molecule has 2 heteroatoms. The smallest absolute Gasteiger partial charge is 0.0669 e. The van der Waals surface area contributed by atoms with Crippen molar-refractivity contribution in [3.8, 4) is 6.07 Å². The minimum atomic E-state index is 0.215. The lowest BCUT2D eigenvalue weighted by Crippen LogP contribution is -2.19. The number of rotatable bonds is 0. The molecule has 1 radical (unpaired) electrons. The van der Waals surface area contributed by atoms with E-state index in [0.29, 0.717) is 0 Å². The number of nitrogens with zero attached hydrogens (tertiary/aromatic N) is 1. The summed E-state index contributed by atoms with van der Waals surface area (Å²) in [5.74, 6) is 0.215. The average Bonchev–Trinajstić information content (AvgIpc) is 2.13. The van der Waals surface area contributed by atoms with E-state index < -0.39 is 0 Å². The van der Waals surface area contributed by atoms with Crippen molar-refractivity contribution in [1.29, 1.82) is 5.26 Å². The first kappa shape index (κ1) is 6.57. The Labute approximate surface area is 55.9 Å². The van der Waals surface area contributed by atoms with Crippen molar-refractivity contribution in [2.24, 2.45) is 5.92 Å². The van der Waals surface area contributed by atoms with Crippen molar-refractivity contribution < 1.29 is 0 Å². The predicted molar refractivity (Wildman–Crippen MR) is 35.5 cm³/mol. The summed E-state index contributed by atoms with van der Waals surface area (Å²) < 4.78 is 0. The van der Waals surface area contributed by atoms with Crippen molar-refractivity contribution in [3.05, 3.63) is 6.42 Å². The van der Waals surface area contributed by atoms with Gasteiger partial charge < -0.3 is 5.32 Å². The Kier molecular flexibility index (Phi) is 2.53. The van der Waals surface area contributed by atoms with E-state index in [1.165, 1.54) is 0 Å². The molecule has 1 unspecified atom stereocenters. The molecule has 0 aromatic heterocycles. The first-order valence-corrected chi connectivity index (χ1v) is 3.35. The molecule has 1 aliphatic rings. The van der Waals surface area contributed by atoms with Crippen LogP contribution in [0.25, 0.3) is 0 Å². The Bertz CT molecular complexity index is 107. The normalized spacial score (nSPS) is 28.6. The Hall–Kier alpha value is -0.550. The molecule has 1 N–H and O–H groups in total. The van der Waals surface area contributed by atoms with Gasteiger partial charge in [0.25, 0.3) is 0 Å². The van der Waals surface area contributed by atoms with E-state index >= 15 is 0 Å². The zero-order chi connectivity index (χ0) is 6.53. The molecule has 1 atom stereocenters. The van der Waals surface area contributed by atoms with Gasteiger partial charge in [-0.2, -0.15) is 5.26 Å². The molecule has 0 bridgehead atoms. The van der Waals surface area contributed by atoms with Crippen molar-refractivity contribution in [1.82, 2.24) is 5.32 Å². The van der Waals surface area contributed by atoms with Gasteiger partial charge in [0, 0.05) is 6.54 Å². The van der Waals surface area contributed by atoms with Crippen LogP contribution in [0, 0.1) is 23.7 Å². The van der Waals surface area contributed by atoms with Gasteiger partial charge in [-0.25, -0.2) is 0 Å². The second-order valence-corrected chi connectivity index (χ2v) is 2.34. The largest absolute Gasteiger partial charge is 0.315 e. The quantitative estimate of drug-likeness (QED) is 0.515. The zero-order valence-corrected chi connectivity index (χ0v) is 5.43. The number of nitrogens with one attached hydrogen (secondary N) is 1. The molecule has 0 aliphatic carbocycles. The molecule has 0 aromatic carbocycles. The molecule has 9 heavy (non-hydrogen) atoms. The highest BCUT2D eigenvalue weighted by atomic mass is 14.9. The van der Waals surface area contributed by atoms with E-state index in [-0.39, 0.29) is 5.92 Å². The topological polar surface area (TPSA) is 35.8 Å². The highest BCUT2D eigenvalue weighted by molar-refractivity contribution is 4.90. The van der Waals surface area contributed by atoms with Crippen LogP contribution in [0.4, 0.5) is 0 Å². The molecule has 0 amide bonds. The first-order valence-electron chi connectivity index (χ1n) is 3.35. The molecule has 1 aliphatic heterocycles. The maximum Gasteiger partial charge on any atom is 0.0669 e. The van der Waals surface area contributed by atoms with Crippen LogP contribution in [0.3, 0.4) is 0 Å². The van der Waals surface area contributed by atoms with Crippen molar-refractivity contribution in [3.63, 3.8) is 0 Å². The summed E-state index contributed by atoms with van der Waals surface area (Å²) in [6.07, 6.45) is 4.26. The Balaban J connectivity index is 2.29. The highest BCUT2D eigenvalue weighted by Gasteiger charge is 2.09. The molecule has 0 spiro atoms. The van der Waals surface area contributed by atoms with Crippen LogP contribution >= 0.6 is 0 Å². The molecule has 1 heterocycles. The van der Waals surface area contributed by atoms with Gasteiger partial charge in [-0.05, 0) is 25.8 Å². The van der Waals surface area contributed by atoms with Crippen molar-refractivity contribution >= 4 is 0 Å². The third-order valence-corrected chi connectivity index (χ3v) is 1.55. The lowest BCUT2D eigenvalue weighted by atomic mass is 10.1. The summed E-state index contributed by atoms with van der Waals surface area (Å²) >= 11 is 0. The van der Waals surface area contributed by atoms with Crippen LogP contribution in [-0.2, 0) is 0 Å². The molecule has 1 rings (SSSR count). The standard InChI is InChI=1S/C7H11N2/c8-5-7-3-1-2-4-9-6-7/h1,7,9H,2-4,6H2. The first-order chi connectivity index (χ1) is 4.43. The highest BCUT2D eigenvalue weighted by Crippen LogP contribution is 2.07. The van der Waals surface area contributed by atoms with Gasteiger partial charge in [-0.1, -0.05) is 0 Å². The van der Waals surface area contributed by atoms with Gasteiger partial charge in [0.15, 0.2) is 0 Å². The second-order valence-electron chi connectivity index (χ2n) is 2.34. The summed E-state index contributed by atoms with van der Waals surface area (Å²) in [5.41, 5.74) is 0. The summed E-state index contributed by atoms with van der Waals surface area (Å²) in [6.45, 7) is 1.91. The molecular weight excluding hydrogens is 112 g/mol. The van der Waals surface area contributed by atoms with E-state index in [0.717, 1.165) is 25.9 Å². The van der Waals surface area contributed by atoms with Gasteiger partial charge in [0.05, 0.1) is 12.0 Å². The van der Waals surface area contributed by atoms with Gasteiger partial charge in [0.1, 0.15) is 0 Å². The van der Waals surface area contributed by atoms with Crippen LogP contribution in [0.2, 0.25) is 0 Å². The Morgan fingerprint density at radius 2 is 2.56 bits per heavy atom. The zero-order valence-electron chi connectivity index (χ0n) is 5.43. The van der Waals surface area contributed by atoms with Gasteiger partial charge in [0.2, 0.25) is 0 Å². The minimum absolute atomic E-state index is 0.215. The maximum atomic E-state index is 8.51. The van der Waals surface area contributed by atoms with Gasteiger partial charge in [-0.3, -0.25) is 0 Å². The third kappa shape index (κ3) is 2.03. The van der Waals surface area contributed by atoms with Crippen LogP contribution in [0.5, 0.6) is 0 Å². The second kappa shape index (κ2) is 3.47. The van der Waals surface area contributed by atoms with Gasteiger partial charge in [-0.15, -0.1) is 0 Å².